The number of rotatable bonds is 5. The van der Waals surface area contributed by atoms with Gasteiger partial charge in [0, 0.05) is 12.0 Å². The van der Waals surface area contributed by atoms with Crippen molar-refractivity contribution in [3.05, 3.63) is 82.9 Å². The number of Topliss-reactive ketones (excluding diaryl/α,β-unsaturated/α-hetero) is 1. The molecule has 1 aliphatic rings. The van der Waals surface area contributed by atoms with Crippen LogP contribution in [0.5, 0.6) is 0 Å². The highest BCUT2D eigenvalue weighted by Crippen LogP contribution is 2.24. The molecule has 0 fully saturated rings. The summed E-state index contributed by atoms with van der Waals surface area (Å²) in [6.07, 6.45) is 7.49. The second kappa shape index (κ2) is 6.15. The first-order chi connectivity index (χ1) is 10.7. The lowest BCUT2D eigenvalue weighted by Gasteiger charge is -2.09. The Hall–Kier alpha value is -2.41. The van der Waals surface area contributed by atoms with Crippen LogP contribution in [0.2, 0.25) is 0 Å². The minimum atomic E-state index is 0.136. The van der Waals surface area contributed by atoms with Gasteiger partial charge < -0.3 is 0 Å². The summed E-state index contributed by atoms with van der Waals surface area (Å²) in [5, 5.41) is 0. The maximum atomic E-state index is 12.7. The van der Waals surface area contributed by atoms with Crippen LogP contribution in [0.15, 0.2) is 49.6 Å². The molecule has 0 atom stereocenters. The van der Waals surface area contributed by atoms with Crippen LogP contribution in [0.1, 0.15) is 44.6 Å². The molecule has 3 rings (SSSR count). The Balaban J connectivity index is 1.89. The first kappa shape index (κ1) is 14.5. The van der Waals surface area contributed by atoms with Crippen molar-refractivity contribution in [2.45, 2.75) is 25.7 Å². The number of benzene rings is 2. The molecule has 0 aromatic heterocycles. The molecule has 0 unspecified atom stereocenters. The van der Waals surface area contributed by atoms with Crippen molar-refractivity contribution in [1.82, 2.24) is 0 Å². The molecule has 0 saturated heterocycles. The average molecular weight is 288 g/mol. The minimum absolute atomic E-state index is 0.136. The van der Waals surface area contributed by atoms with Gasteiger partial charge in [-0.2, -0.15) is 0 Å². The van der Waals surface area contributed by atoms with Crippen molar-refractivity contribution in [2.24, 2.45) is 0 Å². The van der Waals surface area contributed by atoms with E-state index < -0.39 is 0 Å². The lowest BCUT2D eigenvalue weighted by atomic mass is 9.94. The van der Waals surface area contributed by atoms with E-state index >= 15 is 0 Å². The third-order valence-electron chi connectivity index (χ3n) is 4.39. The fourth-order valence-electron chi connectivity index (χ4n) is 3.25. The van der Waals surface area contributed by atoms with E-state index in [0.29, 0.717) is 6.42 Å². The monoisotopic (exact) mass is 288 g/mol. The van der Waals surface area contributed by atoms with Gasteiger partial charge in [-0.25, -0.2) is 0 Å². The van der Waals surface area contributed by atoms with E-state index in [1.54, 1.807) is 12.2 Å². The first-order valence-electron chi connectivity index (χ1n) is 7.74. The van der Waals surface area contributed by atoms with Crippen molar-refractivity contribution >= 4 is 17.9 Å². The zero-order valence-corrected chi connectivity index (χ0v) is 12.8. The summed E-state index contributed by atoms with van der Waals surface area (Å²) in [4.78, 5) is 12.7. The Morgan fingerprint density at radius 1 is 1.05 bits per heavy atom. The van der Waals surface area contributed by atoms with E-state index in [9.17, 15) is 4.79 Å². The highest BCUT2D eigenvalue weighted by atomic mass is 16.1. The second-order valence-electron chi connectivity index (χ2n) is 5.77. The molecule has 2 aromatic carbocycles. The Bertz CT molecular complexity index is 752. The maximum absolute atomic E-state index is 12.7. The summed E-state index contributed by atoms with van der Waals surface area (Å²) in [5.41, 5.74) is 6.52. The van der Waals surface area contributed by atoms with Gasteiger partial charge >= 0.3 is 0 Å². The lowest BCUT2D eigenvalue weighted by Crippen LogP contribution is -2.07. The molecule has 22 heavy (non-hydrogen) atoms. The van der Waals surface area contributed by atoms with Gasteiger partial charge in [0.05, 0.1) is 0 Å². The second-order valence-corrected chi connectivity index (χ2v) is 5.77. The van der Waals surface area contributed by atoms with Crippen LogP contribution < -0.4 is 0 Å². The van der Waals surface area contributed by atoms with E-state index in [2.05, 4.69) is 31.4 Å². The van der Waals surface area contributed by atoms with Crippen LogP contribution in [0.25, 0.3) is 12.2 Å². The predicted molar refractivity (Wildman–Crippen MR) is 93.1 cm³/mol. The summed E-state index contributed by atoms with van der Waals surface area (Å²) in [6.45, 7) is 7.64. The number of carbonyl (C=O) groups excluding carboxylic acids is 1. The summed E-state index contributed by atoms with van der Waals surface area (Å²) >= 11 is 0. The van der Waals surface area contributed by atoms with E-state index in [0.717, 1.165) is 28.7 Å². The molecule has 1 heteroatoms. The van der Waals surface area contributed by atoms with Gasteiger partial charge in [0.15, 0.2) is 5.78 Å². The van der Waals surface area contributed by atoms with Crippen LogP contribution in [-0.4, -0.2) is 5.78 Å². The van der Waals surface area contributed by atoms with Gasteiger partial charge in [0.2, 0.25) is 0 Å². The number of hydrogen-bond acceptors (Lipinski definition) is 1. The Kier molecular flexibility index (Phi) is 4.06. The van der Waals surface area contributed by atoms with Crippen molar-refractivity contribution in [3.63, 3.8) is 0 Å². The number of aryl methyl sites for hydroxylation is 2. The molecular formula is C21H20O. The summed E-state index contributed by atoms with van der Waals surface area (Å²) in [7, 11) is 0. The van der Waals surface area contributed by atoms with Crippen molar-refractivity contribution in [2.75, 3.05) is 0 Å². The Morgan fingerprint density at radius 3 is 2.64 bits per heavy atom. The SMILES string of the molecule is C=Cc1cccc(C(=O)Cc2ccc3c(c2)CCC3)c1C=C. The largest absolute Gasteiger partial charge is 0.294 e. The predicted octanol–water partition coefficient (Wildman–Crippen LogP) is 4.89. The number of hydrogen-bond donors (Lipinski definition) is 0. The molecule has 0 saturated carbocycles. The molecule has 0 heterocycles. The van der Waals surface area contributed by atoms with Crippen molar-refractivity contribution in [3.8, 4) is 0 Å². The highest BCUT2D eigenvalue weighted by Gasteiger charge is 2.15. The van der Waals surface area contributed by atoms with E-state index in [1.165, 1.54) is 24.0 Å². The van der Waals surface area contributed by atoms with Crippen LogP contribution in [0.3, 0.4) is 0 Å². The molecular weight excluding hydrogens is 268 g/mol. The molecule has 2 aromatic rings. The van der Waals surface area contributed by atoms with Gasteiger partial charge in [0.1, 0.15) is 0 Å². The Morgan fingerprint density at radius 2 is 1.86 bits per heavy atom. The van der Waals surface area contributed by atoms with Crippen molar-refractivity contribution < 1.29 is 4.79 Å². The van der Waals surface area contributed by atoms with Crippen LogP contribution in [0, 0.1) is 0 Å². The zero-order valence-electron chi connectivity index (χ0n) is 12.8. The fraction of sp³-hybridized carbons (Fsp3) is 0.190. The minimum Gasteiger partial charge on any atom is -0.294 e. The fourth-order valence-corrected chi connectivity index (χ4v) is 3.25. The normalized spacial score (nSPS) is 12.7. The lowest BCUT2D eigenvalue weighted by molar-refractivity contribution is 0.0993. The van der Waals surface area contributed by atoms with Crippen LogP contribution in [0.4, 0.5) is 0 Å². The smallest absolute Gasteiger partial charge is 0.167 e. The van der Waals surface area contributed by atoms with E-state index in [4.69, 9.17) is 0 Å². The van der Waals surface area contributed by atoms with Gasteiger partial charge in [-0.1, -0.05) is 61.7 Å². The topological polar surface area (TPSA) is 17.1 Å². The number of ketones is 1. The first-order valence-corrected chi connectivity index (χ1v) is 7.74. The molecule has 0 aliphatic heterocycles. The number of carbonyl (C=O) groups is 1. The third kappa shape index (κ3) is 2.67. The molecule has 0 bridgehead atoms. The quantitative estimate of drug-likeness (QED) is 0.716. The summed E-state index contributed by atoms with van der Waals surface area (Å²) < 4.78 is 0. The van der Waals surface area contributed by atoms with Crippen LogP contribution >= 0.6 is 0 Å². The average Bonchev–Trinajstić information content (AvgIpc) is 3.01. The standard InChI is InChI=1S/C21H20O/c1-3-16-7-6-10-20(19(16)4-2)21(22)14-15-11-12-17-8-5-9-18(17)13-15/h3-4,6-7,10-13H,1-2,5,8-9,14H2. The van der Waals surface area contributed by atoms with E-state index in [-0.39, 0.29) is 5.78 Å². The Labute approximate surface area is 132 Å². The molecule has 0 spiro atoms. The van der Waals surface area contributed by atoms with Crippen molar-refractivity contribution in [1.29, 1.82) is 0 Å². The molecule has 1 aliphatic carbocycles. The maximum Gasteiger partial charge on any atom is 0.167 e. The molecule has 0 radical (unpaired) electrons. The third-order valence-corrected chi connectivity index (χ3v) is 4.39. The molecule has 0 N–H and O–H groups in total. The van der Waals surface area contributed by atoms with Gasteiger partial charge in [0.25, 0.3) is 0 Å². The molecule has 1 nitrogen and oxygen atoms in total. The van der Waals surface area contributed by atoms with E-state index in [1.807, 2.05) is 18.2 Å². The number of fused-ring (bicyclic) bond motifs is 1. The van der Waals surface area contributed by atoms with Gasteiger partial charge in [-0.15, -0.1) is 0 Å². The molecule has 110 valence electrons. The summed E-state index contributed by atoms with van der Waals surface area (Å²) in [5.74, 6) is 0.136. The molecule has 0 amide bonds. The van der Waals surface area contributed by atoms with Gasteiger partial charge in [-0.05, 0) is 47.1 Å². The highest BCUT2D eigenvalue weighted by molar-refractivity contribution is 6.01. The van der Waals surface area contributed by atoms with Gasteiger partial charge in [-0.3, -0.25) is 4.79 Å². The zero-order chi connectivity index (χ0) is 15.5. The summed E-state index contributed by atoms with van der Waals surface area (Å²) in [6, 6.07) is 12.2. The van der Waals surface area contributed by atoms with Crippen LogP contribution in [-0.2, 0) is 19.3 Å².